The summed E-state index contributed by atoms with van der Waals surface area (Å²) in [6.45, 7) is 1.29. The Morgan fingerprint density at radius 2 is 1.97 bits per heavy atom. The predicted molar refractivity (Wildman–Crippen MR) is 110 cm³/mol. The monoisotopic (exact) mass is 446 g/mol. The molecule has 12 heteroatoms. The van der Waals surface area contributed by atoms with Gasteiger partial charge in [-0.05, 0) is 44.5 Å². The minimum Gasteiger partial charge on any atom is -0.323 e. The molecule has 1 fully saturated rings. The van der Waals surface area contributed by atoms with E-state index in [1.807, 2.05) is 13.0 Å². The van der Waals surface area contributed by atoms with Gasteiger partial charge in [0.15, 0.2) is 5.65 Å². The zero-order valence-electron chi connectivity index (χ0n) is 17.5. The normalized spacial score (nSPS) is 18.5. The Kier molecular flexibility index (Phi) is 4.59. The molecule has 0 aromatic carbocycles. The van der Waals surface area contributed by atoms with Crippen LogP contribution >= 0.6 is 0 Å². The van der Waals surface area contributed by atoms with E-state index in [9.17, 15) is 18.0 Å². The smallest absolute Gasteiger partial charge is 0.323 e. The predicted octanol–water partition coefficient (Wildman–Crippen LogP) is 2.44. The zero-order valence-corrected chi connectivity index (χ0v) is 17.5. The number of fused-ring (bicyclic) bond motifs is 3. The molecule has 5 rings (SSSR count). The summed E-state index contributed by atoms with van der Waals surface area (Å²) in [4.78, 5) is 29.2. The SMILES string of the molecule is Cc1cc2ncnn2cc1Nc1ncc2c(n1)C1(CCN(CC(F)(F)F)CC1)C(=O)N2C. The first-order valence-corrected chi connectivity index (χ1v) is 10.2. The molecule has 3 aromatic heterocycles. The highest BCUT2D eigenvalue weighted by Gasteiger charge is 2.53. The Bertz CT molecular complexity index is 1200. The number of hydrogen-bond donors (Lipinski definition) is 1. The van der Waals surface area contributed by atoms with Gasteiger partial charge in [-0.3, -0.25) is 9.69 Å². The van der Waals surface area contributed by atoms with Crippen molar-refractivity contribution in [2.45, 2.75) is 31.4 Å². The number of nitrogens with zero attached hydrogens (tertiary/aromatic N) is 7. The van der Waals surface area contributed by atoms with Gasteiger partial charge in [-0.15, -0.1) is 0 Å². The second-order valence-electron chi connectivity index (χ2n) is 8.32. The van der Waals surface area contributed by atoms with E-state index >= 15 is 0 Å². The third-order valence-electron chi connectivity index (χ3n) is 6.28. The molecule has 9 nitrogen and oxygen atoms in total. The van der Waals surface area contributed by atoms with Crippen molar-refractivity contribution in [3.05, 3.63) is 36.0 Å². The minimum absolute atomic E-state index is 0.147. The van der Waals surface area contributed by atoms with Gasteiger partial charge in [-0.25, -0.2) is 19.5 Å². The first-order chi connectivity index (χ1) is 15.2. The Morgan fingerprint density at radius 3 is 2.69 bits per heavy atom. The third kappa shape index (κ3) is 3.34. The molecule has 168 valence electrons. The summed E-state index contributed by atoms with van der Waals surface area (Å²) in [5.74, 6) is 0.164. The van der Waals surface area contributed by atoms with Crippen molar-refractivity contribution < 1.29 is 18.0 Å². The van der Waals surface area contributed by atoms with Crippen molar-refractivity contribution in [1.82, 2.24) is 29.5 Å². The number of likely N-dealkylation sites (N-methyl/N-ethyl adjacent to an activating group) is 1. The van der Waals surface area contributed by atoms with Crippen LogP contribution in [-0.4, -0.2) is 68.2 Å². The summed E-state index contributed by atoms with van der Waals surface area (Å²) in [6, 6.07) is 1.87. The number of pyridine rings is 1. The van der Waals surface area contributed by atoms with Crippen LogP contribution in [0.3, 0.4) is 0 Å². The molecular formula is C20H21F3N8O. The number of halogens is 3. The summed E-state index contributed by atoms with van der Waals surface area (Å²) in [7, 11) is 1.65. The van der Waals surface area contributed by atoms with Gasteiger partial charge in [-0.2, -0.15) is 18.3 Å². The van der Waals surface area contributed by atoms with Crippen LogP contribution in [0.25, 0.3) is 5.65 Å². The second kappa shape index (κ2) is 7.12. The molecule has 1 amide bonds. The first-order valence-electron chi connectivity index (χ1n) is 10.2. The van der Waals surface area contributed by atoms with Crippen LogP contribution in [0.2, 0.25) is 0 Å². The molecule has 0 bridgehead atoms. The van der Waals surface area contributed by atoms with E-state index in [0.717, 1.165) is 11.3 Å². The van der Waals surface area contributed by atoms with E-state index in [0.29, 0.717) is 23.0 Å². The number of alkyl halides is 3. The summed E-state index contributed by atoms with van der Waals surface area (Å²) in [5.41, 5.74) is 2.57. The highest BCUT2D eigenvalue weighted by Crippen LogP contribution is 2.46. The number of anilines is 3. The van der Waals surface area contributed by atoms with E-state index in [1.165, 1.54) is 16.1 Å². The molecule has 2 aliphatic heterocycles. The number of carbonyl (C=O) groups excluding carboxylic acids is 1. The van der Waals surface area contributed by atoms with Crippen LogP contribution in [0.15, 0.2) is 24.8 Å². The number of carbonyl (C=O) groups is 1. The van der Waals surface area contributed by atoms with Crippen LogP contribution in [0.5, 0.6) is 0 Å². The minimum atomic E-state index is -4.26. The molecule has 1 saturated heterocycles. The molecule has 3 aromatic rings. The molecule has 1 N–H and O–H groups in total. The van der Waals surface area contributed by atoms with Gasteiger partial charge >= 0.3 is 6.18 Å². The lowest BCUT2D eigenvalue weighted by molar-refractivity contribution is -0.150. The molecule has 0 aliphatic carbocycles. The summed E-state index contributed by atoms with van der Waals surface area (Å²) in [5, 5.41) is 7.30. The number of likely N-dealkylation sites (tertiary alicyclic amines) is 1. The molecule has 0 saturated carbocycles. The first kappa shape index (κ1) is 20.6. The molecule has 1 spiro atoms. The number of amides is 1. The standard InChI is InChI=1S/C20H21F3N8O/c1-12-7-15-25-11-26-31(15)9-13(12)27-18-24-8-14-16(28-18)19(17(32)29(14)2)3-5-30(6-4-19)10-20(21,22)23/h7-9,11H,3-6,10H2,1-2H3,(H,24,27,28). The Labute approximate surface area is 181 Å². The third-order valence-corrected chi connectivity index (χ3v) is 6.28. The van der Waals surface area contributed by atoms with Crippen molar-refractivity contribution in [3.63, 3.8) is 0 Å². The van der Waals surface area contributed by atoms with Gasteiger partial charge in [-0.1, -0.05) is 0 Å². The number of piperidine rings is 1. The maximum absolute atomic E-state index is 13.2. The van der Waals surface area contributed by atoms with E-state index in [2.05, 4.69) is 25.4 Å². The van der Waals surface area contributed by atoms with E-state index < -0.39 is 18.1 Å². The molecule has 0 atom stereocenters. The Hall–Kier alpha value is -3.28. The van der Waals surface area contributed by atoms with Crippen LogP contribution in [0, 0.1) is 6.92 Å². The number of rotatable bonds is 3. The number of nitrogens with one attached hydrogen (secondary N) is 1. The van der Waals surface area contributed by atoms with Crippen molar-refractivity contribution in [2.75, 3.05) is 36.9 Å². The van der Waals surface area contributed by atoms with Crippen LogP contribution in [0.1, 0.15) is 24.1 Å². The molecular weight excluding hydrogens is 425 g/mol. The highest BCUT2D eigenvalue weighted by molar-refractivity contribution is 6.07. The van der Waals surface area contributed by atoms with Crippen LogP contribution in [-0.2, 0) is 10.2 Å². The van der Waals surface area contributed by atoms with Crippen LogP contribution < -0.4 is 10.2 Å². The Morgan fingerprint density at radius 1 is 1.22 bits per heavy atom. The number of aryl methyl sites for hydroxylation is 1. The van der Waals surface area contributed by atoms with Gasteiger partial charge in [0.05, 0.1) is 41.4 Å². The van der Waals surface area contributed by atoms with Crippen molar-refractivity contribution in [3.8, 4) is 0 Å². The maximum Gasteiger partial charge on any atom is 0.401 e. The summed E-state index contributed by atoms with van der Waals surface area (Å²) in [6.07, 6.45) is 1.11. The van der Waals surface area contributed by atoms with E-state index in [-0.39, 0.29) is 31.8 Å². The fourth-order valence-corrected chi connectivity index (χ4v) is 4.57. The van der Waals surface area contributed by atoms with Gasteiger partial charge in [0.2, 0.25) is 11.9 Å². The van der Waals surface area contributed by atoms with E-state index in [1.54, 1.807) is 24.0 Å². The lowest BCUT2D eigenvalue weighted by Gasteiger charge is -2.37. The van der Waals surface area contributed by atoms with Crippen LogP contribution in [0.4, 0.5) is 30.5 Å². The van der Waals surface area contributed by atoms with Gasteiger partial charge in [0, 0.05) is 7.05 Å². The highest BCUT2D eigenvalue weighted by atomic mass is 19.4. The summed E-state index contributed by atoms with van der Waals surface area (Å²) >= 11 is 0. The molecule has 0 radical (unpaired) electrons. The number of aromatic nitrogens is 5. The topological polar surface area (TPSA) is 91.5 Å². The fraction of sp³-hybridized carbons (Fsp3) is 0.450. The summed E-state index contributed by atoms with van der Waals surface area (Å²) < 4.78 is 40.0. The molecule has 32 heavy (non-hydrogen) atoms. The van der Waals surface area contributed by atoms with Gasteiger partial charge in [0.25, 0.3) is 0 Å². The van der Waals surface area contributed by atoms with Crippen molar-refractivity contribution >= 4 is 28.9 Å². The average molecular weight is 446 g/mol. The molecule has 0 unspecified atom stereocenters. The van der Waals surface area contributed by atoms with Gasteiger partial charge in [0.1, 0.15) is 6.33 Å². The average Bonchev–Trinajstić information content (AvgIpc) is 3.26. The fourth-order valence-electron chi connectivity index (χ4n) is 4.57. The number of hydrogen-bond acceptors (Lipinski definition) is 7. The maximum atomic E-state index is 13.2. The van der Waals surface area contributed by atoms with E-state index in [4.69, 9.17) is 0 Å². The molecule has 5 heterocycles. The van der Waals surface area contributed by atoms with Crippen molar-refractivity contribution in [1.29, 1.82) is 0 Å². The lowest BCUT2D eigenvalue weighted by atomic mass is 9.76. The Balaban J connectivity index is 1.45. The molecule has 2 aliphatic rings. The van der Waals surface area contributed by atoms with Crippen molar-refractivity contribution in [2.24, 2.45) is 0 Å². The lowest BCUT2D eigenvalue weighted by Crippen LogP contribution is -2.50. The second-order valence-corrected chi connectivity index (χ2v) is 8.32. The van der Waals surface area contributed by atoms with Gasteiger partial charge < -0.3 is 10.2 Å². The largest absolute Gasteiger partial charge is 0.401 e. The zero-order chi connectivity index (χ0) is 22.7. The quantitative estimate of drug-likeness (QED) is 0.661.